The van der Waals surface area contributed by atoms with E-state index in [-0.39, 0.29) is 34.4 Å². The van der Waals surface area contributed by atoms with Crippen molar-refractivity contribution in [2.24, 2.45) is 0 Å². The fraction of sp³-hybridized carbons (Fsp3) is 0.175. The van der Waals surface area contributed by atoms with Crippen LogP contribution in [0.5, 0.6) is 0 Å². The molecule has 102 heavy (non-hydrogen) atoms. The number of para-hydroxylation sites is 1. The van der Waals surface area contributed by atoms with Gasteiger partial charge in [0.25, 0.3) is 6.71 Å². The minimum atomic E-state index is -0.624. The summed E-state index contributed by atoms with van der Waals surface area (Å²) < 4.78 is 39.4. The molecule has 2 aromatic heterocycles. The molecule has 16 aromatic rings. The van der Waals surface area contributed by atoms with E-state index in [4.69, 9.17) is 0 Å². The Morgan fingerprint density at radius 1 is 0.402 bits per heavy atom. The number of allylic oxidation sites excluding steroid dienone is 1. The van der Waals surface area contributed by atoms with Crippen LogP contribution in [0.3, 0.4) is 0 Å². The second-order valence-electron chi connectivity index (χ2n) is 33.0. The highest BCUT2D eigenvalue weighted by atomic mass is 32.1. The lowest BCUT2D eigenvalue weighted by Crippen LogP contribution is -2.60. The molecule has 1 aliphatic carbocycles. The first kappa shape index (κ1) is 59.0. The van der Waals surface area contributed by atoms with Crippen molar-refractivity contribution < 1.29 is 4.11 Å². The molecular weight excluding hydrogens is 1250 g/mol. The van der Waals surface area contributed by atoms with Gasteiger partial charge in [-0.1, -0.05) is 277 Å². The third-order valence-electron chi connectivity index (χ3n) is 22.4. The Hall–Kier alpha value is -10.7. The van der Waals surface area contributed by atoms with Gasteiger partial charge in [-0.05, 0) is 194 Å². The van der Waals surface area contributed by atoms with Crippen LogP contribution in [0.2, 0.25) is 0 Å². The van der Waals surface area contributed by atoms with Gasteiger partial charge in [0.2, 0.25) is 0 Å². The molecule has 3 aliphatic rings. The van der Waals surface area contributed by atoms with Gasteiger partial charge in [-0.2, -0.15) is 0 Å². The molecule has 14 aromatic carbocycles. The maximum Gasteiger partial charge on any atom is 0.264 e. The Morgan fingerprint density at radius 3 is 1.48 bits per heavy atom. The molecule has 0 radical (unpaired) electrons. The number of thiophene rings is 1. The van der Waals surface area contributed by atoms with Gasteiger partial charge in [0.05, 0.1) is 32.2 Å². The monoisotopic (exact) mass is 1330 g/mol. The average molecular weight is 1340 g/mol. The lowest BCUT2D eigenvalue weighted by atomic mass is 9.36. The number of rotatable bonds is 7. The van der Waals surface area contributed by atoms with Gasteiger partial charge in [-0.15, -0.1) is 11.3 Å². The number of benzene rings is 14. The summed E-state index contributed by atoms with van der Waals surface area (Å²) in [5.41, 5.74) is 24.1. The van der Waals surface area contributed by atoms with Gasteiger partial charge in [0.1, 0.15) is 0 Å². The highest BCUT2D eigenvalue weighted by molar-refractivity contribution is 7.33. The molecule has 0 atom stereocenters. The predicted molar refractivity (Wildman–Crippen MR) is 443 cm³/mol. The molecule has 0 bridgehead atoms. The van der Waals surface area contributed by atoms with Crippen LogP contribution in [0.15, 0.2) is 261 Å². The average Bonchev–Trinajstić information content (AvgIpc) is 1.67. The van der Waals surface area contributed by atoms with Crippen molar-refractivity contribution in [1.82, 2.24) is 4.57 Å². The van der Waals surface area contributed by atoms with Crippen LogP contribution >= 0.6 is 11.3 Å². The Morgan fingerprint density at radius 2 is 0.912 bits per heavy atom. The summed E-state index contributed by atoms with van der Waals surface area (Å²) in [5, 5.41) is 10.3. The summed E-state index contributed by atoms with van der Waals surface area (Å²) >= 11 is 1.82. The van der Waals surface area contributed by atoms with Crippen molar-refractivity contribution in [2.45, 2.75) is 111 Å². The maximum absolute atomic E-state index is 12.0. The van der Waals surface area contributed by atoms with Crippen molar-refractivity contribution >= 4 is 138 Å². The molecule has 19 rings (SSSR count). The molecule has 0 N–H and O–H groups in total. The van der Waals surface area contributed by atoms with Crippen molar-refractivity contribution in [3.8, 4) is 50.2 Å². The highest BCUT2D eigenvalue weighted by Gasteiger charge is 2.48. The van der Waals surface area contributed by atoms with E-state index in [9.17, 15) is 4.11 Å². The number of hydrogen-bond donors (Lipinski definition) is 0. The Kier molecular flexibility index (Phi) is 13.0. The summed E-state index contributed by atoms with van der Waals surface area (Å²) in [6.07, 6.45) is 5.35. The first-order valence-corrected chi connectivity index (χ1v) is 37.1. The fourth-order valence-electron chi connectivity index (χ4n) is 17.1. The number of nitrogens with zero attached hydrogens (tertiary/aromatic N) is 3. The number of aromatic nitrogens is 1. The minimum absolute atomic E-state index is 0.0140. The molecule has 2 aliphatic heterocycles. The molecule has 4 heterocycles. The standard InChI is InChI=1S/C97H82BN3S/c1-94(2,3)66-44-46-72-84(56-66)102-93-92(72)101(90-75(60-32-21-15-22-33-60)52-68(96(7,8)9)53-76(90)61-34-23-16-24-35-61)83-55-69(97(10,11)12)54-82-88(83)98(93)79-47-45-70(57-81(79)100(82)89-73(58-28-17-13-18-29-58)50-67(95(4,5)6)51-74(89)59-30-19-14-20-31-59)99-80-39-26-25-38-71(80)77-48-65-43-42-63-41-40-62-36-27-37-64-49-78(91(77)99)86(65)87(63)85(62)64/h13-36,38-57H,37H2,1-12H3/i45D,47D,57D. The molecule has 0 fully saturated rings. The number of fused-ring (bicyclic) bond motifs is 10. The quantitative estimate of drug-likeness (QED) is 0.116. The molecule has 0 unspecified atom stereocenters. The van der Waals surface area contributed by atoms with E-state index < -0.39 is 12.1 Å². The fourth-order valence-corrected chi connectivity index (χ4v) is 18.4. The summed E-state index contributed by atoms with van der Waals surface area (Å²) in [6, 6.07) is 88.3. The van der Waals surface area contributed by atoms with Crippen LogP contribution in [0.1, 0.15) is 121 Å². The van der Waals surface area contributed by atoms with Gasteiger partial charge < -0.3 is 14.4 Å². The lowest BCUT2D eigenvalue weighted by molar-refractivity contribution is 0.590. The Balaban J connectivity index is 1.04. The van der Waals surface area contributed by atoms with Crippen LogP contribution in [0, 0.1) is 0 Å². The second-order valence-corrected chi connectivity index (χ2v) is 34.0. The van der Waals surface area contributed by atoms with Crippen LogP contribution in [0.4, 0.5) is 34.1 Å². The zero-order chi connectivity index (χ0) is 72.2. The van der Waals surface area contributed by atoms with E-state index in [1.807, 2.05) is 11.3 Å². The van der Waals surface area contributed by atoms with Crippen molar-refractivity contribution in [1.29, 1.82) is 0 Å². The minimum Gasteiger partial charge on any atom is -0.310 e. The largest absolute Gasteiger partial charge is 0.310 e. The third-order valence-corrected chi connectivity index (χ3v) is 23.6. The molecule has 0 amide bonds. The van der Waals surface area contributed by atoms with Gasteiger partial charge in [0.15, 0.2) is 0 Å². The smallest absolute Gasteiger partial charge is 0.264 e. The Bertz CT molecular complexity index is 6260. The lowest BCUT2D eigenvalue weighted by Gasteiger charge is -2.46. The van der Waals surface area contributed by atoms with E-state index in [2.05, 4.69) is 346 Å². The van der Waals surface area contributed by atoms with Gasteiger partial charge in [-0.3, -0.25) is 0 Å². The molecule has 5 heteroatoms. The summed E-state index contributed by atoms with van der Waals surface area (Å²) in [5.74, 6) is 0. The van der Waals surface area contributed by atoms with E-state index in [1.165, 1.54) is 49.4 Å². The molecule has 494 valence electrons. The number of anilines is 6. The summed E-state index contributed by atoms with van der Waals surface area (Å²) in [6.45, 7) is 27.2. The third kappa shape index (κ3) is 9.53. The van der Waals surface area contributed by atoms with E-state index in [0.717, 1.165) is 138 Å². The number of hydrogen-bond acceptors (Lipinski definition) is 3. The first-order valence-electron chi connectivity index (χ1n) is 37.8. The van der Waals surface area contributed by atoms with Gasteiger partial charge in [0, 0.05) is 76.0 Å². The second kappa shape index (κ2) is 22.4. The van der Waals surface area contributed by atoms with Crippen LogP contribution in [0.25, 0.3) is 120 Å². The molecule has 0 saturated carbocycles. The Labute approximate surface area is 608 Å². The van der Waals surface area contributed by atoms with Gasteiger partial charge in [-0.25, -0.2) is 0 Å². The summed E-state index contributed by atoms with van der Waals surface area (Å²) in [7, 11) is 0. The zero-order valence-electron chi connectivity index (χ0n) is 63.2. The predicted octanol–water partition coefficient (Wildman–Crippen LogP) is 25.4. The molecule has 0 saturated heterocycles. The normalized spacial score (nSPS) is 14.2. The maximum atomic E-state index is 12.0. The van der Waals surface area contributed by atoms with Crippen molar-refractivity contribution in [3.63, 3.8) is 0 Å². The van der Waals surface area contributed by atoms with E-state index >= 15 is 0 Å². The van der Waals surface area contributed by atoms with Crippen molar-refractivity contribution in [3.05, 3.63) is 294 Å². The highest BCUT2D eigenvalue weighted by Crippen LogP contribution is 2.58. The summed E-state index contributed by atoms with van der Waals surface area (Å²) in [4.78, 5) is 5.11. The molecular formula is C97H82BN3S. The molecule has 0 spiro atoms. The zero-order valence-corrected chi connectivity index (χ0v) is 61.0. The topological polar surface area (TPSA) is 11.4 Å². The van der Waals surface area contributed by atoms with Crippen LogP contribution in [-0.2, 0) is 28.1 Å². The van der Waals surface area contributed by atoms with E-state index in [0.29, 0.717) is 16.8 Å². The van der Waals surface area contributed by atoms with Gasteiger partial charge >= 0.3 is 0 Å². The van der Waals surface area contributed by atoms with E-state index in [1.54, 1.807) is 0 Å². The SMILES string of the molecule is [2H]c1c([2H])c(-n2c3ccccc3c3cc4ccc5ccc6c7c(cc(c4c57)c32)CC=C6)c([2H])c2c1B1c3sc4cc(C(C)(C)C)ccc4c3N(c3c(-c4ccccc4)cc(C(C)(C)C)cc3-c3ccccc3)c3cc(C(C)(C)C)cc(c31)N2c1c(-c2ccccc2)cc(C(C)(C)C)cc1-c1ccccc1. The molecule has 3 nitrogen and oxygen atoms in total. The van der Waals surface area contributed by atoms with Crippen molar-refractivity contribution in [2.75, 3.05) is 9.80 Å². The first-order chi connectivity index (χ1) is 50.4. The van der Waals surface area contributed by atoms with Crippen LogP contribution < -0.4 is 25.5 Å². The van der Waals surface area contributed by atoms with Crippen LogP contribution in [-0.4, -0.2) is 11.3 Å².